The predicted molar refractivity (Wildman–Crippen MR) is 72.3 cm³/mol. The molecule has 1 aromatic carbocycles. The van der Waals surface area contributed by atoms with Crippen LogP contribution < -0.4 is 0 Å². The molecule has 0 saturated carbocycles. The molecule has 2 aromatic rings. The lowest BCUT2D eigenvalue weighted by molar-refractivity contribution is 0.00718. The van der Waals surface area contributed by atoms with E-state index in [0.29, 0.717) is 5.82 Å². The SMILES string of the molecule is COC(c1noc(-c2cccc(O)c2O)n1)C(C)(C)C. The molecule has 1 unspecified atom stereocenters. The van der Waals surface area contributed by atoms with Crippen LogP contribution in [0.15, 0.2) is 22.7 Å². The Kier molecular flexibility index (Phi) is 3.67. The summed E-state index contributed by atoms with van der Waals surface area (Å²) in [5.74, 6) is 0.0197. The molecule has 2 rings (SSSR count). The molecule has 0 fully saturated rings. The molecule has 1 atom stereocenters. The maximum absolute atomic E-state index is 9.81. The summed E-state index contributed by atoms with van der Waals surface area (Å²) < 4.78 is 10.6. The quantitative estimate of drug-likeness (QED) is 0.839. The zero-order chi connectivity index (χ0) is 14.9. The highest BCUT2D eigenvalue weighted by atomic mass is 16.5. The zero-order valence-electron chi connectivity index (χ0n) is 11.9. The van der Waals surface area contributed by atoms with Crippen LogP contribution in [-0.2, 0) is 4.74 Å². The molecule has 0 aliphatic carbocycles. The highest BCUT2D eigenvalue weighted by Gasteiger charge is 2.31. The number of ether oxygens (including phenoxy) is 1. The molecule has 6 nitrogen and oxygen atoms in total. The second kappa shape index (κ2) is 5.13. The molecular formula is C14H18N2O4. The van der Waals surface area contributed by atoms with Gasteiger partial charge in [0.1, 0.15) is 6.10 Å². The van der Waals surface area contributed by atoms with Crippen molar-refractivity contribution in [3.8, 4) is 23.0 Å². The first kappa shape index (κ1) is 14.3. The molecule has 108 valence electrons. The highest BCUT2D eigenvalue weighted by molar-refractivity contribution is 5.66. The van der Waals surface area contributed by atoms with Crippen LogP contribution in [-0.4, -0.2) is 27.5 Å². The molecule has 0 radical (unpaired) electrons. The number of phenols is 2. The van der Waals surface area contributed by atoms with Crippen molar-refractivity contribution >= 4 is 0 Å². The van der Waals surface area contributed by atoms with Crippen molar-refractivity contribution < 1.29 is 19.5 Å². The van der Waals surface area contributed by atoms with Crippen molar-refractivity contribution in [2.24, 2.45) is 5.41 Å². The minimum absolute atomic E-state index is 0.139. The van der Waals surface area contributed by atoms with Crippen LogP contribution in [0.5, 0.6) is 11.5 Å². The zero-order valence-corrected chi connectivity index (χ0v) is 11.9. The number of methoxy groups -OCH3 is 1. The third-order valence-electron chi connectivity index (χ3n) is 2.94. The standard InChI is InChI=1S/C14H18N2O4/c1-14(2,3)11(19-4)12-15-13(20-16-12)8-6-5-7-9(17)10(8)18/h5-7,11,17-18H,1-4H3. The fourth-order valence-corrected chi connectivity index (χ4v) is 2.00. The van der Waals surface area contributed by atoms with E-state index in [0.717, 1.165) is 0 Å². The number of para-hydroxylation sites is 1. The first-order chi connectivity index (χ1) is 9.34. The summed E-state index contributed by atoms with van der Waals surface area (Å²) in [4.78, 5) is 4.25. The summed E-state index contributed by atoms with van der Waals surface area (Å²) in [7, 11) is 1.58. The average molecular weight is 278 g/mol. The van der Waals surface area contributed by atoms with Gasteiger partial charge in [0.15, 0.2) is 11.5 Å². The summed E-state index contributed by atoms with van der Waals surface area (Å²) in [6, 6.07) is 4.56. The lowest BCUT2D eigenvalue weighted by Crippen LogP contribution is -2.21. The lowest BCUT2D eigenvalue weighted by atomic mass is 9.88. The normalized spacial score (nSPS) is 13.4. The van der Waals surface area contributed by atoms with Crippen molar-refractivity contribution in [3.63, 3.8) is 0 Å². The van der Waals surface area contributed by atoms with Crippen molar-refractivity contribution in [3.05, 3.63) is 24.0 Å². The summed E-state index contributed by atoms with van der Waals surface area (Å²) >= 11 is 0. The Bertz CT molecular complexity index is 601. The molecule has 2 N–H and O–H groups in total. The van der Waals surface area contributed by atoms with E-state index in [1.165, 1.54) is 6.07 Å². The predicted octanol–water partition coefficient (Wildman–Crippen LogP) is 2.88. The van der Waals surface area contributed by atoms with Crippen molar-refractivity contribution in [2.75, 3.05) is 7.11 Å². The molecule has 0 bridgehead atoms. The Hall–Kier alpha value is -2.08. The van der Waals surface area contributed by atoms with E-state index in [9.17, 15) is 10.2 Å². The summed E-state index contributed by atoms with van der Waals surface area (Å²) in [5.41, 5.74) is 0.0871. The molecule has 0 spiro atoms. The number of hydrogen-bond donors (Lipinski definition) is 2. The summed E-state index contributed by atoms with van der Waals surface area (Å²) in [5, 5.41) is 23.2. The molecule has 0 aliphatic rings. The number of hydrogen-bond acceptors (Lipinski definition) is 6. The van der Waals surface area contributed by atoms with Gasteiger partial charge in [-0.25, -0.2) is 0 Å². The fraction of sp³-hybridized carbons (Fsp3) is 0.429. The maximum atomic E-state index is 9.81. The van der Waals surface area contributed by atoms with E-state index in [1.807, 2.05) is 20.8 Å². The summed E-state index contributed by atoms with van der Waals surface area (Å²) in [6.45, 7) is 6.01. The Morgan fingerprint density at radius 2 is 1.95 bits per heavy atom. The second-order valence-electron chi connectivity index (χ2n) is 5.61. The Morgan fingerprint density at radius 1 is 1.25 bits per heavy atom. The highest BCUT2D eigenvalue weighted by Crippen LogP contribution is 2.38. The molecule has 20 heavy (non-hydrogen) atoms. The van der Waals surface area contributed by atoms with Crippen molar-refractivity contribution in [2.45, 2.75) is 26.9 Å². The minimum atomic E-state index is -0.334. The van der Waals surface area contributed by atoms with Crippen LogP contribution in [0.3, 0.4) is 0 Å². The van der Waals surface area contributed by atoms with Gasteiger partial charge >= 0.3 is 0 Å². The first-order valence-electron chi connectivity index (χ1n) is 6.22. The monoisotopic (exact) mass is 278 g/mol. The Balaban J connectivity index is 2.41. The molecule has 0 amide bonds. The van der Waals surface area contributed by atoms with Gasteiger partial charge in [0.25, 0.3) is 5.89 Å². The number of nitrogens with zero attached hydrogens (tertiary/aromatic N) is 2. The number of phenolic OH excluding ortho intramolecular Hbond substituents is 2. The smallest absolute Gasteiger partial charge is 0.261 e. The number of aromatic hydroxyl groups is 2. The Morgan fingerprint density at radius 3 is 2.55 bits per heavy atom. The minimum Gasteiger partial charge on any atom is -0.504 e. The van der Waals surface area contributed by atoms with Gasteiger partial charge in [0, 0.05) is 7.11 Å². The molecule has 1 heterocycles. The van der Waals surface area contributed by atoms with E-state index < -0.39 is 0 Å². The van der Waals surface area contributed by atoms with Gasteiger partial charge in [-0.05, 0) is 17.5 Å². The van der Waals surface area contributed by atoms with E-state index in [2.05, 4.69) is 10.1 Å². The number of benzene rings is 1. The van der Waals surface area contributed by atoms with Crippen molar-refractivity contribution in [1.29, 1.82) is 0 Å². The van der Waals surface area contributed by atoms with Gasteiger partial charge < -0.3 is 19.5 Å². The van der Waals surface area contributed by atoms with Crippen LogP contribution >= 0.6 is 0 Å². The van der Waals surface area contributed by atoms with Gasteiger partial charge in [-0.2, -0.15) is 4.98 Å². The van der Waals surface area contributed by atoms with Crippen LogP contribution in [0, 0.1) is 5.41 Å². The van der Waals surface area contributed by atoms with Crippen LogP contribution in [0.2, 0.25) is 0 Å². The molecule has 0 aliphatic heterocycles. The van der Waals surface area contributed by atoms with Gasteiger partial charge in [-0.3, -0.25) is 0 Å². The lowest BCUT2D eigenvalue weighted by Gasteiger charge is -2.26. The third kappa shape index (κ3) is 2.60. The number of rotatable bonds is 3. The second-order valence-corrected chi connectivity index (χ2v) is 5.61. The van der Waals surface area contributed by atoms with Crippen molar-refractivity contribution in [1.82, 2.24) is 10.1 Å². The molecular weight excluding hydrogens is 260 g/mol. The van der Waals surface area contributed by atoms with Gasteiger partial charge in [0.05, 0.1) is 5.56 Å². The maximum Gasteiger partial charge on any atom is 0.261 e. The van der Waals surface area contributed by atoms with E-state index in [-0.39, 0.29) is 34.5 Å². The summed E-state index contributed by atoms with van der Waals surface area (Å²) in [6.07, 6.45) is -0.334. The Labute approximate surface area is 117 Å². The largest absolute Gasteiger partial charge is 0.504 e. The van der Waals surface area contributed by atoms with E-state index >= 15 is 0 Å². The topological polar surface area (TPSA) is 88.6 Å². The van der Waals surface area contributed by atoms with Gasteiger partial charge in [0.2, 0.25) is 5.82 Å². The average Bonchev–Trinajstić information content (AvgIpc) is 2.81. The van der Waals surface area contributed by atoms with Crippen LogP contribution in [0.1, 0.15) is 32.7 Å². The van der Waals surface area contributed by atoms with Gasteiger partial charge in [-0.15, -0.1) is 0 Å². The first-order valence-corrected chi connectivity index (χ1v) is 6.22. The fourth-order valence-electron chi connectivity index (χ4n) is 2.00. The van der Waals surface area contributed by atoms with Crippen LogP contribution in [0.4, 0.5) is 0 Å². The third-order valence-corrected chi connectivity index (χ3v) is 2.94. The molecule has 1 aromatic heterocycles. The van der Waals surface area contributed by atoms with Gasteiger partial charge in [-0.1, -0.05) is 32.0 Å². The molecule has 6 heteroatoms. The van der Waals surface area contributed by atoms with E-state index in [4.69, 9.17) is 9.26 Å². The number of aromatic nitrogens is 2. The molecule has 0 saturated heterocycles. The van der Waals surface area contributed by atoms with Crippen LogP contribution in [0.25, 0.3) is 11.5 Å². The van der Waals surface area contributed by atoms with E-state index in [1.54, 1.807) is 19.2 Å².